The number of hydrogen-bond acceptors (Lipinski definition) is 3. The SMILES string of the molecule is CCOc1nc2ccccc2c(N)c1C. The van der Waals surface area contributed by atoms with Gasteiger partial charge in [-0.15, -0.1) is 0 Å². The second kappa shape index (κ2) is 3.77. The number of nitrogen functional groups attached to an aromatic ring is 1. The number of nitrogens with zero attached hydrogens (tertiary/aromatic N) is 1. The van der Waals surface area contributed by atoms with Gasteiger partial charge in [0.1, 0.15) is 0 Å². The Labute approximate surface area is 88.9 Å². The van der Waals surface area contributed by atoms with Gasteiger partial charge in [0.05, 0.1) is 12.1 Å². The van der Waals surface area contributed by atoms with Gasteiger partial charge in [0, 0.05) is 16.6 Å². The average Bonchev–Trinajstić information content (AvgIpc) is 2.26. The van der Waals surface area contributed by atoms with E-state index in [9.17, 15) is 0 Å². The molecule has 0 spiro atoms. The van der Waals surface area contributed by atoms with Crippen molar-refractivity contribution < 1.29 is 4.74 Å². The van der Waals surface area contributed by atoms with Gasteiger partial charge in [0.2, 0.25) is 5.88 Å². The summed E-state index contributed by atoms with van der Waals surface area (Å²) in [4.78, 5) is 4.42. The fourth-order valence-electron chi connectivity index (χ4n) is 1.59. The monoisotopic (exact) mass is 202 g/mol. The molecule has 0 atom stereocenters. The lowest BCUT2D eigenvalue weighted by Gasteiger charge is -2.10. The van der Waals surface area contributed by atoms with E-state index in [-0.39, 0.29) is 0 Å². The zero-order chi connectivity index (χ0) is 10.8. The van der Waals surface area contributed by atoms with Crippen molar-refractivity contribution in [2.75, 3.05) is 12.3 Å². The van der Waals surface area contributed by atoms with Crippen molar-refractivity contribution in [3.8, 4) is 5.88 Å². The normalized spacial score (nSPS) is 10.5. The number of pyridine rings is 1. The molecule has 0 unspecified atom stereocenters. The van der Waals surface area contributed by atoms with Gasteiger partial charge in [0.25, 0.3) is 0 Å². The molecule has 78 valence electrons. The molecule has 0 amide bonds. The summed E-state index contributed by atoms with van der Waals surface area (Å²) in [5, 5.41) is 0.985. The molecule has 1 heterocycles. The fourth-order valence-corrected chi connectivity index (χ4v) is 1.59. The lowest BCUT2D eigenvalue weighted by atomic mass is 10.1. The highest BCUT2D eigenvalue weighted by Gasteiger charge is 2.08. The van der Waals surface area contributed by atoms with E-state index in [2.05, 4.69) is 4.98 Å². The van der Waals surface area contributed by atoms with E-state index in [1.165, 1.54) is 0 Å². The van der Waals surface area contributed by atoms with Gasteiger partial charge in [-0.2, -0.15) is 0 Å². The smallest absolute Gasteiger partial charge is 0.218 e. The van der Waals surface area contributed by atoms with Crippen LogP contribution in [0.3, 0.4) is 0 Å². The summed E-state index contributed by atoms with van der Waals surface area (Å²) in [6.07, 6.45) is 0. The van der Waals surface area contributed by atoms with Crippen LogP contribution in [0, 0.1) is 6.92 Å². The maximum atomic E-state index is 6.03. The van der Waals surface area contributed by atoms with Crippen molar-refractivity contribution in [1.82, 2.24) is 4.98 Å². The van der Waals surface area contributed by atoms with Crippen LogP contribution in [0.2, 0.25) is 0 Å². The third kappa shape index (κ3) is 1.61. The largest absolute Gasteiger partial charge is 0.478 e. The number of anilines is 1. The molecule has 0 aliphatic rings. The van der Waals surface area contributed by atoms with Gasteiger partial charge >= 0.3 is 0 Å². The molecule has 0 bridgehead atoms. The summed E-state index contributed by atoms with van der Waals surface area (Å²) in [6, 6.07) is 7.81. The molecule has 15 heavy (non-hydrogen) atoms. The highest BCUT2D eigenvalue weighted by atomic mass is 16.5. The molecule has 0 fully saturated rings. The number of rotatable bonds is 2. The Hall–Kier alpha value is -1.77. The van der Waals surface area contributed by atoms with Gasteiger partial charge in [-0.25, -0.2) is 4.98 Å². The third-order valence-corrected chi connectivity index (χ3v) is 2.42. The molecular formula is C12H14N2O. The number of benzene rings is 1. The number of ether oxygens (including phenoxy) is 1. The van der Waals surface area contributed by atoms with E-state index in [1.807, 2.05) is 38.1 Å². The molecule has 1 aromatic carbocycles. The Kier molecular flexibility index (Phi) is 2.46. The summed E-state index contributed by atoms with van der Waals surface area (Å²) in [5.41, 5.74) is 8.57. The topological polar surface area (TPSA) is 48.1 Å². The van der Waals surface area contributed by atoms with Crippen molar-refractivity contribution in [3.05, 3.63) is 29.8 Å². The first-order valence-electron chi connectivity index (χ1n) is 5.01. The summed E-state index contributed by atoms with van der Waals surface area (Å²) in [5.74, 6) is 0.633. The van der Waals surface area contributed by atoms with Gasteiger partial charge in [-0.3, -0.25) is 0 Å². The molecule has 0 saturated heterocycles. The number of aromatic nitrogens is 1. The highest BCUT2D eigenvalue weighted by molar-refractivity contribution is 5.92. The van der Waals surface area contributed by atoms with Crippen molar-refractivity contribution in [3.63, 3.8) is 0 Å². The second-order valence-electron chi connectivity index (χ2n) is 3.41. The first-order valence-corrected chi connectivity index (χ1v) is 5.01. The Balaban J connectivity index is 2.71. The Bertz CT molecular complexity index is 494. The van der Waals surface area contributed by atoms with Crippen molar-refractivity contribution in [1.29, 1.82) is 0 Å². The molecule has 3 nitrogen and oxygen atoms in total. The minimum absolute atomic E-state index is 0.603. The van der Waals surface area contributed by atoms with Crippen LogP contribution < -0.4 is 10.5 Å². The number of hydrogen-bond donors (Lipinski definition) is 1. The van der Waals surface area contributed by atoms with Crippen LogP contribution in [-0.4, -0.2) is 11.6 Å². The third-order valence-electron chi connectivity index (χ3n) is 2.42. The standard InChI is InChI=1S/C12H14N2O/c1-3-15-12-8(2)11(13)9-6-4-5-7-10(9)14-12/h4-7H,3H2,1-2H3,(H2,13,14). The minimum Gasteiger partial charge on any atom is -0.478 e. The van der Waals surface area contributed by atoms with E-state index in [0.29, 0.717) is 12.5 Å². The van der Waals surface area contributed by atoms with E-state index < -0.39 is 0 Å². The Morgan fingerprint density at radius 3 is 2.80 bits per heavy atom. The van der Waals surface area contributed by atoms with Gasteiger partial charge in [-0.05, 0) is 19.9 Å². The number of nitrogens with two attached hydrogens (primary N) is 1. The molecule has 1 aromatic heterocycles. The molecular weight excluding hydrogens is 188 g/mol. The molecule has 2 N–H and O–H groups in total. The lowest BCUT2D eigenvalue weighted by molar-refractivity contribution is 0.326. The van der Waals surface area contributed by atoms with E-state index >= 15 is 0 Å². The van der Waals surface area contributed by atoms with Gasteiger partial charge < -0.3 is 10.5 Å². The molecule has 3 heteroatoms. The molecule has 0 aliphatic carbocycles. The Morgan fingerprint density at radius 1 is 1.33 bits per heavy atom. The van der Waals surface area contributed by atoms with E-state index in [0.717, 1.165) is 22.2 Å². The maximum Gasteiger partial charge on any atom is 0.218 e. The summed E-state index contributed by atoms with van der Waals surface area (Å²) >= 11 is 0. The van der Waals surface area contributed by atoms with Crippen LogP contribution in [0.15, 0.2) is 24.3 Å². The number of fused-ring (bicyclic) bond motifs is 1. The van der Waals surface area contributed by atoms with Crippen LogP contribution in [-0.2, 0) is 0 Å². The van der Waals surface area contributed by atoms with Crippen LogP contribution in [0.1, 0.15) is 12.5 Å². The van der Waals surface area contributed by atoms with Crippen LogP contribution in [0.5, 0.6) is 5.88 Å². The van der Waals surface area contributed by atoms with E-state index in [1.54, 1.807) is 0 Å². The first kappa shape index (κ1) is 9.77. The molecule has 2 aromatic rings. The van der Waals surface area contributed by atoms with Crippen molar-refractivity contribution in [2.45, 2.75) is 13.8 Å². The van der Waals surface area contributed by atoms with Gasteiger partial charge in [0.15, 0.2) is 0 Å². The fraction of sp³-hybridized carbons (Fsp3) is 0.250. The summed E-state index contributed by atoms with van der Waals surface area (Å²) < 4.78 is 5.43. The van der Waals surface area contributed by atoms with Crippen LogP contribution in [0.25, 0.3) is 10.9 Å². The molecule has 0 radical (unpaired) electrons. The summed E-state index contributed by atoms with van der Waals surface area (Å²) in [7, 11) is 0. The minimum atomic E-state index is 0.603. The molecule has 2 rings (SSSR count). The average molecular weight is 202 g/mol. The van der Waals surface area contributed by atoms with Crippen molar-refractivity contribution in [2.24, 2.45) is 0 Å². The second-order valence-corrected chi connectivity index (χ2v) is 3.41. The predicted octanol–water partition coefficient (Wildman–Crippen LogP) is 2.52. The predicted molar refractivity (Wildman–Crippen MR) is 62.1 cm³/mol. The van der Waals surface area contributed by atoms with Crippen molar-refractivity contribution >= 4 is 16.6 Å². The zero-order valence-electron chi connectivity index (χ0n) is 8.95. The van der Waals surface area contributed by atoms with Crippen LogP contribution >= 0.6 is 0 Å². The van der Waals surface area contributed by atoms with E-state index in [4.69, 9.17) is 10.5 Å². The maximum absolute atomic E-state index is 6.03. The van der Waals surface area contributed by atoms with Crippen LogP contribution in [0.4, 0.5) is 5.69 Å². The first-order chi connectivity index (χ1) is 7.24. The zero-order valence-corrected chi connectivity index (χ0v) is 8.95. The van der Waals surface area contributed by atoms with Gasteiger partial charge in [-0.1, -0.05) is 18.2 Å². The molecule has 0 saturated carbocycles. The Morgan fingerprint density at radius 2 is 2.07 bits per heavy atom. The quantitative estimate of drug-likeness (QED) is 0.814. The molecule has 0 aliphatic heterocycles. The lowest BCUT2D eigenvalue weighted by Crippen LogP contribution is -2.01. The highest BCUT2D eigenvalue weighted by Crippen LogP contribution is 2.29. The summed E-state index contributed by atoms with van der Waals surface area (Å²) in [6.45, 7) is 4.47. The number of para-hydroxylation sites is 1.